The number of methoxy groups -OCH3 is 2. The Morgan fingerprint density at radius 1 is 1.29 bits per heavy atom. The van der Waals surface area contributed by atoms with Crippen LogP contribution in [0.25, 0.3) is 0 Å². The van der Waals surface area contributed by atoms with E-state index < -0.39 is 6.10 Å². The van der Waals surface area contributed by atoms with Crippen molar-refractivity contribution in [3.05, 3.63) is 28.8 Å². The van der Waals surface area contributed by atoms with E-state index in [-0.39, 0.29) is 11.5 Å². The van der Waals surface area contributed by atoms with Gasteiger partial charge in [0.1, 0.15) is 6.10 Å². The van der Waals surface area contributed by atoms with Crippen molar-refractivity contribution in [3.8, 4) is 17.2 Å². The van der Waals surface area contributed by atoms with Gasteiger partial charge < -0.3 is 24.6 Å². The topological polar surface area (TPSA) is 62.2 Å². The minimum atomic E-state index is -0.850. The van der Waals surface area contributed by atoms with Gasteiger partial charge in [-0.2, -0.15) is 0 Å². The van der Waals surface area contributed by atoms with Crippen LogP contribution < -0.4 is 9.47 Å². The lowest BCUT2D eigenvalue weighted by molar-refractivity contribution is 0.216. The second kappa shape index (κ2) is 7.33. The molecule has 0 radical (unpaired) electrons. The molecule has 0 saturated carbocycles. The Balaban J connectivity index is 3.55. The number of allylic oxidation sites excluding steroid dienone is 1. The van der Waals surface area contributed by atoms with E-state index in [2.05, 4.69) is 0 Å². The first kappa shape index (κ1) is 17.3. The third kappa shape index (κ3) is 4.12. The monoisotopic (exact) mass is 295 g/mol. The first-order chi connectivity index (χ1) is 9.81. The summed E-state index contributed by atoms with van der Waals surface area (Å²) >= 11 is 0. The Kier molecular flexibility index (Phi) is 6.05. The SMILES string of the molecule is COc1cc(CN(C)C)c(C(O)C=C(C)C)c(OC)c1O. The van der Waals surface area contributed by atoms with E-state index >= 15 is 0 Å². The van der Waals surface area contributed by atoms with Crippen LogP contribution in [0.3, 0.4) is 0 Å². The van der Waals surface area contributed by atoms with Crippen molar-refractivity contribution in [2.45, 2.75) is 26.5 Å². The molecule has 5 heteroatoms. The number of aliphatic hydroxyl groups excluding tert-OH is 1. The quantitative estimate of drug-likeness (QED) is 0.789. The number of rotatable bonds is 6. The number of aromatic hydroxyl groups is 1. The van der Waals surface area contributed by atoms with Gasteiger partial charge in [-0.3, -0.25) is 0 Å². The second-order valence-electron chi connectivity index (χ2n) is 5.46. The summed E-state index contributed by atoms with van der Waals surface area (Å²) in [6.07, 6.45) is 0.875. The van der Waals surface area contributed by atoms with Crippen molar-refractivity contribution >= 4 is 0 Å². The molecule has 118 valence electrons. The summed E-state index contributed by atoms with van der Waals surface area (Å²) in [6, 6.07) is 1.73. The number of hydrogen-bond donors (Lipinski definition) is 2. The fourth-order valence-corrected chi connectivity index (χ4v) is 2.25. The molecule has 21 heavy (non-hydrogen) atoms. The van der Waals surface area contributed by atoms with Gasteiger partial charge in [-0.25, -0.2) is 0 Å². The van der Waals surface area contributed by atoms with Crippen molar-refractivity contribution in [3.63, 3.8) is 0 Å². The summed E-state index contributed by atoms with van der Waals surface area (Å²) in [7, 11) is 6.82. The molecule has 5 nitrogen and oxygen atoms in total. The fraction of sp³-hybridized carbons (Fsp3) is 0.500. The van der Waals surface area contributed by atoms with Gasteiger partial charge in [0.15, 0.2) is 11.5 Å². The number of nitrogens with zero attached hydrogens (tertiary/aromatic N) is 1. The number of aliphatic hydroxyl groups is 1. The average Bonchev–Trinajstić information content (AvgIpc) is 2.38. The highest BCUT2D eigenvalue weighted by molar-refractivity contribution is 5.59. The predicted molar refractivity (Wildman–Crippen MR) is 83.0 cm³/mol. The summed E-state index contributed by atoms with van der Waals surface area (Å²) < 4.78 is 10.5. The van der Waals surface area contributed by atoms with Crippen molar-refractivity contribution in [2.75, 3.05) is 28.3 Å². The molecule has 1 aromatic carbocycles. The number of phenolic OH excluding ortho intramolecular Hbond substituents is 1. The first-order valence-corrected chi connectivity index (χ1v) is 6.76. The van der Waals surface area contributed by atoms with Gasteiger partial charge in [-0.15, -0.1) is 0 Å². The van der Waals surface area contributed by atoms with E-state index in [4.69, 9.17) is 9.47 Å². The average molecular weight is 295 g/mol. The summed E-state index contributed by atoms with van der Waals surface area (Å²) in [5, 5.41) is 20.7. The third-order valence-electron chi connectivity index (χ3n) is 3.04. The molecule has 1 aromatic rings. The zero-order valence-electron chi connectivity index (χ0n) is 13.6. The molecular weight excluding hydrogens is 270 g/mol. The molecule has 0 aromatic heterocycles. The molecular formula is C16H25NO4. The summed E-state index contributed by atoms with van der Waals surface area (Å²) in [4.78, 5) is 1.98. The van der Waals surface area contributed by atoms with Crippen LogP contribution in [0, 0.1) is 0 Å². The molecule has 0 aliphatic heterocycles. The highest BCUT2D eigenvalue weighted by atomic mass is 16.5. The molecule has 0 heterocycles. The predicted octanol–water partition coefficient (Wildman–Crippen LogP) is 2.47. The van der Waals surface area contributed by atoms with Crippen LogP contribution in [0.1, 0.15) is 31.1 Å². The minimum Gasteiger partial charge on any atom is -0.502 e. The zero-order chi connectivity index (χ0) is 16.2. The van der Waals surface area contributed by atoms with Crippen LogP contribution in [0.4, 0.5) is 0 Å². The van der Waals surface area contributed by atoms with Crippen molar-refractivity contribution < 1.29 is 19.7 Å². The van der Waals surface area contributed by atoms with Gasteiger partial charge in [0.25, 0.3) is 0 Å². The molecule has 0 aliphatic carbocycles. The molecule has 0 saturated heterocycles. The normalized spacial score (nSPS) is 12.2. The lowest BCUT2D eigenvalue weighted by Gasteiger charge is -2.22. The van der Waals surface area contributed by atoms with E-state index in [0.29, 0.717) is 17.9 Å². The van der Waals surface area contributed by atoms with Gasteiger partial charge in [0, 0.05) is 12.1 Å². The lowest BCUT2D eigenvalue weighted by Crippen LogP contribution is -2.14. The lowest BCUT2D eigenvalue weighted by atomic mass is 9.98. The van der Waals surface area contributed by atoms with Crippen molar-refractivity contribution in [1.82, 2.24) is 4.90 Å². The highest BCUT2D eigenvalue weighted by Gasteiger charge is 2.23. The van der Waals surface area contributed by atoms with E-state index in [1.165, 1.54) is 14.2 Å². The Hall–Kier alpha value is -1.72. The number of benzene rings is 1. The molecule has 0 spiro atoms. The van der Waals surface area contributed by atoms with Crippen LogP contribution in [0.5, 0.6) is 17.2 Å². The van der Waals surface area contributed by atoms with E-state index in [1.807, 2.05) is 32.8 Å². The van der Waals surface area contributed by atoms with Gasteiger partial charge in [-0.05, 0) is 39.6 Å². The molecule has 1 unspecified atom stereocenters. The third-order valence-corrected chi connectivity index (χ3v) is 3.04. The number of hydrogen-bond acceptors (Lipinski definition) is 5. The maximum absolute atomic E-state index is 10.5. The second-order valence-corrected chi connectivity index (χ2v) is 5.46. The standard InChI is InChI=1S/C16H25NO4/c1-10(2)7-12(18)14-11(9-17(3)4)8-13(20-5)15(19)16(14)21-6/h7-8,12,18-19H,9H2,1-6H3. The van der Waals surface area contributed by atoms with Crippen LogP contribution in [-0.4, -0.2) is 43.4 Å². The Labute approximate surface area is 126 Å². The van der Waals surface area contributed by atoms with Crippen LogP contribution in [0.15, 0.2) is 17.7 Å². The van der Waals surface area contributed by atoms with Gasteiger partial charge in [0.05, 0.1) is 14.2 Å². The minimum absolute atomic E-state index is 0.0984. The summed E-state index contributed by atoms with van der Waals surface area (Å²) in [6.45, 7) is 4.41. The van der Waals surface area contributed by atoms with Gasteiger partial charge >= 0.3 is 0 Å². The van der Waals surface area contributed by atoms with Crippen LogP contribution in [-0.2, 0) is 6.54 Å². The Morgan fingerprint density at radius 2 is 1.90 bits per heavy atom. The summed E-state index contributed by atoms with van der Waals surface area (Å²) in [5.41, 5.74) is 2.39. The summed E-state index contributed by atoms with van der Waals surface area (Å²) in [5.74, 6) is 0.478. The molecule has 0 aliphatic rings. The number of phenols is 1. The maximum atomic E-state index is 10.5. The fourth-order valence-electron chi connectivity index (χ4n) is 2.25. The molecule has 1 rings (SSSR count). The van der Waals surface area contributed by atoms with Crippen molar-refractivity contribution in [1.29, 1.82) is 0 Å². The maximum Gasteiger partial charge on any atom is 0.201 e. The zero-order valence-corrected chi connectivity index (χ0v) is 13.6. The highest BCUT2D eigenvalue weighted by Crippen LogP contribution is 2.44. The van der Waals surface area contributed by atoms with Crippen LogP contribution in [0.2, 0.25) is 0 Å². The molecule has 0 bridgehead atoms. The largest absolute Gasteiger partial charge is 0.502 e. The Morgan fingerprint density at radius 3 is 2.33 bits per heavy atom. The van der Waals surface area contributed by atoms with E-state index in [1.54, 1.807) is 12.1 Å². The molecule has 2 N–H and O–H groups in total. The first-order valence-electron chi connectivity index (χ1n) is 6.76. The van der Waals surface area contributed by atoms with Crippen molar-refractivity contribution in [2.24, 2.45) is 0 Å². The molecule has 0 amide bonds. The van der Waals surface area contributed by atoms with E-state index in [9.17, 15) is 10.2 Å². The number of ether oxygens (including phenoxy) is 2. The van der Waals surface area contributed by atoms with Gasteiger partial charge in [0.2, 0.25) is 5.75 Å². The van der Waals surface area contributed by atoms with E-state index in [0.717, 1.165) is 11.1 Å². The van der Waals surface area contributed by atoms with Gasteiger partial charge in [-0.1, -0.05) is 11.6 Å². The van der Waals surface area contributed by atoms with Crippen LogP contribution >= 0.6 is 0 Å². The Bertz CT molecular complexity index is 519. The molecule has 0 fully saturated rings. The smallest absolute Gasteiger partial charge is 0.201 e. The molecule has 1 atom stereocenters.